The fourth-order valence-electron chi connectivity index (χ4n) is 2.55. The topological polar surface area (TPSA) is 86.3 Å². The lowest BCUT2D eigenvalue weighted by Crippen LogP contribution is -2.12. The molecule has 0 aliphatic carbocycles. The molecule has 0 aliphatic heterocycles. The maximum Gasteiger partial charge on any atom is 0.248 e. The number of nitrogens with zero attached hydrogens (tertiary/aromatic N) is 7. The minimum absolute atomic E-state index is 0.0401. The second-order valence-electron chi connectivity index (χ2n) is 5.55. The van der Waals surface area contributed by atoms with E-state index in [1.807, 2.05) is 54.6 Å². The molecule has 0 amide bonds. The summed E-state index contributed by atoms with van der Waals surface area (Å²) in [6.07, 6.45) is 3.19. The predicted molar refractivity (Wildman–Crippen MR) is 92.6 cm³/mol. The fourth-order valence-corrected chi connectivity index (χ4v) is 2.55. The molecule has 1 N–H and O–H groups in total. The Morgan fingerprint density at radius 2 is 1.76 bits per heavy atom. The van der Waals surface area contributed by atoms with Gasteiger partial charge in [0.2, 0.25) is 5.95 Å². The average molecular weight is 332 g/mol. The van der Waals surface area contributed by atoms with E-state index >= 15 is 0 Å². The van der Waals surface area contributed by atoms with Crippen molar-refractivity contribution in [1.29, 1.82) is 0 Å². The molecule has 0 bridgehead atoms. The summed E-state index contributed by atoms with van der Waals surface area (Å²) < 4.78 is 3.40. The Balaban J connectivity index is 1.53. The van der Waals surface area contributed by atoms with Gasteiger partial charge in [-0.05, 0) is 47.2 Å². The van der Waals surface area contributed by atoms with Crippen LogP contribution in [0.4, 0.5) is 5.95 Å². The second-order valence-corrected chi connectivity index (χ2v) is 5.55. The van der Waals surface area contributed by atoms with Gasteiger partial charge < -0.3 is 5.32 Å². The summed E-state index contributed by atoms with van der Waals surface area (Å²) >= 11 is 0. The lowest BCUT2D eigenvalue weighted by Gasteiger charge is -2.15. The molecule has 2 aromatic carbocycles. The molecule has 1 unspecified atom stereocenters. The Hall–Kier alpha value is -3.55. The molecule has 0 fully saturated rings. The molecule has 8 nitrogen and oxygen atoms in total. The van der Waals surface area contributed by atoms with Crippen LogP contribution in [0.5, 0.6) is 0 Å². The summed E-state index contributed by atoms with van der Waals surface area (Å²) in [4.78, 5) is 3.96. The molecular formula is C17H16N8. The third-order valence-corrected chi connectivity index (χ3v) is 3.89. The maximum atomic E-state index is 4.13. The largest absolute Gasteiger partial charge is 0.346 e. The monoisotopic (exact) mass is 332 g/mol. The first-order chi connectivity index (χ1) is 12.3. The average Bonchev–Trinajstić information content (AvgIpc) is 3.35. The summed E-state index contributed by atoms with van der Waals surface area (Å²) in [5.74, 6) is 0.596. The summed E-state index contributed by atoms with van der Waals surface area (Å²) in [5, 5.41) is 19.4. The molecule has 1 atom stereocenters. The lowest BCUT2D eigenvalue weighted by atomic mass is 10.1. The molecule has 4 rings (SSSR count). The first-order valence-corrected chi connectivity index (χ1v) is 7.86. The number of anilines is 1. The number of aromatic nitrogens is 7. The van der Waals surface area contributed by atoms with Gasteiger partial charge in [-0.3, -0.25) is 0 Å². The number of hydrogen-bond acceptors (Lipinski definition) is 6. The van der Waals surface area contributed by atoms with Gasteiger partial charge in [0.1, 0.15) is 12.7 Å². The van der Waals surface area contributed by atoms with Gasteiger partial charge in [-0.2, -0.15) is 9.78 Å². The van der Waals surface area contributed by atoms with Crippen LogP contribution in [-0.2, 0) is 0 Å². The first kappa shape index (κ1) is 15.0. The number of rotatable bonds is 5. The Morgan fingerprint density at radius 1 is 0.960 bits per heavy atom. The zero-order chi connectivity index (χ0) is 17.1. The van der Waals surface area contributed by atoms with Gasteiger partial charge in [0, 0.05) is 0 Å². The summed E-state index contributed by atoms with van der Waals surface area (Å²) in [5.41, 5.74) is 2.98. The van der Waals surface area contributed by atoms with Crippen molar-refractivity contribution in [3.05, 3.63) is 72.8 Å². The maximum absolute atomic E-state index is 4.13. The zero-order valence-electron chi connectivity index (χ0n) is 13.6. The van der Waals surface area contributed by atoms with Crippen LogP contribution < -0.4 is 5.32 Å². The SMILES string of the molecule is CC(Nc1nnnn1-c1ccccc1)c1ccc(-n2cncn2)cc1. The van der Waals surface area contributed by atoms with Gasteiger partial charge in [-0.1, -0.05) is 35.4 Å². The van der Waals surface area contributed by atoms with E-state index in [0.29, 0.717) is 5.95 Å². The van der Waals surface area contributed by atoms with E-state index in [1.54, 1.807) is 15.7 Å². The van der Waals surface area contributed by atoms with E-state index in [4.69, 9.17) is 0 Å². The summed E-state index contributed by atoms with van der Waals surface area (Å²) in [6, 6.07) is 17.9. The van der Waals surface area contributed by atoms with Crippen molar-refractivity contribution in [2.24, 2.45) is 0 Å². The molecule has 0 saturated heterocycles. The van der Waals surface area contributed by atoms with Crippen LogP contribution in [0.1, 0.15) is 18.5 Å². The number of para-hydroxylation sites is 1. The molecular weight excluding hydrogens is 316 g/mol. The molecule has 0 radical (unpaired) electrons. The van der Waals surface area contributed by atoms with Crippen molar-refractivity contribution >= 4 is 5.95 Å². The van der Waals surface area contributed by atoms with E-state index in [2.05, 4.69) is 37.8 Å². The standard InChI is InChI=1S/C17H16N8/c1-13(14-7-9-15(10-8-14)24-12-18-11-19-24)20-17-21-22-23-25(17)16-5-3-2-4-6-16/h2-13H,1H3,(H,20,21,23). The minimum Gasteiger partial charge on any atom is -0.346 e. The summed E-state index contributed by atoms with van der Waals surface area (Å²) in [7, 11) is 0. The lowest BCUT2D eigenvalue weighted by molar-refractivity contribution is 0.780. The number of tetrazole rings is 1. The highest BCUT2D eigenvalue weighted by Gasteiger charge is 2.12. The van der Waals surface area contributed by atoms with Crippen LogP contribution in [0.25, 0.3) is 11.4 Å². The molecule has 0 aliphatic rings. The van der Waals surface area contributed by atoms with Gasteiger partial charge >= 0.3 is 0 Å². The van der Waals surface area contributed by atoms with E-state index < -0.39 is 0 Å². The Bertz CT molecular complexity index is 928. The van der Waals surface area contributed by atoms with E-state index in [-0.39, 0.29) is 6.04 Å². The first-order valence-electron chi connectivity index (χ1n) is 7.86. The Morgan fingerprint density at radius 3 is 2.48 bits per heavy atom. The molecule has 124 valence electrons. The molecule has 2 heterocycles. The highest BCUT2D eigenvalue weighted by Crippen LogP contribution is 2.20. The van der Waals surface area contributed by atoms with Gasteiger partial charge in [0.05, 0.1) is 17.4 Å². The quantitative estimate of drug-likeness (QED) is 0.604. The minimum atomic E-state index is 0.0401. The third-order valence-electron chi connectivity index (χ3n) is 3.89. The molecule has 0 spiro atoms. The van der Waals surface area contributed by atoms with Crippen molar-refractivity contribution in [3.63, 3.8) is 0 Å². The zero-order valence-corrected chi connectivity index (χ0v) is 13.6. The predicted octanol–water partition coefficient (Wildman–Crippen LogP) is 2.42. The molecule has 8 heteroatoms. The van der Waals surface area contributed by atoms with Gasteiger partial charge in [-0.15, -0.1) is 0 Å². The van der Waals surface area contributed by atoms with Crippen molar-refractivity contribution < 1.29 is 0 Å². The van der Waals surface area contributed by atoms with Crippen LogP contribution in [0, 0.1) is 0 Å². The highest BCUT2D eigenvalue weighted by molar-refractivity contribution is 5.41. The Kier molecular flexibility index (Phi) is 3.91. The fraction of sp³-hybridized carbons (Fsp3) is 0.118. The van der Waals surface area contributed by atoms with Crippen LogP contribution in [0.15, 0.2) is 67.3 Å². The molecule has 2 aromatic heterocycles. The smallest absolute Gasteiger partial charge is 0.248 e. The number of nitrogens with one attached hydrogen (secondary N) is 1. The van der Waals surface area contributed by atoms with Crippen LogP contribution >= 0.6 is 0 Å². The van der Waals surface area contributed by atoms with Gasteiger partial charge in [0.25, 0.3) is 0 Å². The normalized spacial score (nSPS) is 12.0. The van der Waals surface area contributed by atoms with E-state index in [9.17, 15) is 0 Å². The highest BCUT2D eigenvalue weighted by atomic mass is 15.6. The van der Waals surface area contributed by atoms with Crippen LogP contribution in [-0.4, -0.2) is 35.0 Å². The third kappa shape index (κ3) is 3.09. The Labute approximate surface area is 144 Å². The van der Waals surface area contributed by atoms with E-state index in [0.717, 1.165) is 16.9 Å². The van der Waals surface area contributed by atoms with E-state index in [1.165, 1.54) is 6.33 Å². The van der Waals surface area contributed by atoms with Crippen molar-refractivity contribution in [2.75, 3.05) is 5.32 Å². The number of benzene rings is 2. The molecule has 25 heavy (non-hydrogen) atoms. The molecule has 4 aromatic rings. The van der Waals surface area contributed by atoms with Crippen molar-refractivity contribution in [3.8, 4) is 11.4 Å². The van der Waals surface area contributed by atoms with Crippen LogP contribution in [0.3, 0.4) is 0 Å². The number of hydrogen-bond donors (Lipinski definition) is 1. The van der Waals surface area contributed by atoms with Crippen molar-refractivity contribution in [2.45, 2.75) is 13.0 Å². The summed E-state index contributed by atoms with van der Waals surface area (Å²) in [6.45, 7) is 2.06. The van der Waals surface area contributed by atoms with Crippen molar-refractivity contribution in [1.82, 2.24) is 35.0 Å². The second kappa shape index (κ2) is 6.52. The van der Waals surface area contributed by atoms with Gasteiger partial charge in [-0.25, -0.2) is 9.67 Å². The van der Waals surface area contributed by atoms with Crippen LogP contribution in [0.2, 0.25) is 0 Å². The van der Waals surface area contributed by atoms with Gasteiger partial charge in [0.15, 0.2) is 0 Å². The molecule has 0 saturated carbocycles.